The highest BCUT2D eigenvalue weighted by molar-refractivity contribution is 6.43. The average molecular weight is 335 g/mol. The highest BCUT2D eigenvalue weighted by Crippen LogP contribution is 2.30. The van der Waals surface area contributed by atoms with Crippen LogP contribution in [0, 0.1) is 0 Å². The SMILES string of the molecule is O=C(CNc1cccc(Cl)c1Cl)N1CCCc2ccccc21. The molecule has 5 heteroatoms. The number of carbonyl (C=O) groups excluding carboxylic acids is 1. The van der Waals surface area contributed by atoms with Crippen molar-refractivity contribution in [1.29, 1.82) is 0 Å². The number of para-hydroxylation sites is 1. The zero-order valence-corrected chi connectivity index (χ0v) is 13.5. The molecule has 0 fully saturated rings. The van der Waals surface area contributed by atoms with E-state index in [0.29, 0.717) is 15.7 Å². The third kappa shape index (κ3) is 3.06. The maximum absolute atomic E-state index is 12.5. The fourth-order valence-corrected chi connectivity index (χ4v) is 3.07. The minimum atomic E-state index is 0.0307. The lowest BCUT2D eigenvalue weighted by molar-refractivity contribution is -0.117. The Hall–Kier alpha value is -1.71. The van der Waals surface area contributed by atoms with Crippen molar-refractivity contribution in [3.8, 4) is 0 Å². The summed E-state index contributed by atoms with van der Waals surface area (Å²) in [5, 5.41) is 3.99. The fraction of sp³-hybridized carbons (Fsp3) is 0.235. The molecule has 0 unspecified atom stereocenters. The van der Waals surface area contributed by atoms with E-state index in [4.69, 9.17) is 23.2 Å². The summed E-state index contributed by atoms with van der Waals surface area (Å²) in [7, 11) is 0. The molecule has 0 aliphatic carbocycles. The molecule has 2 aromatic rings. The standard InChI is InChI=1S/C17H16Cl2N2O/c18-13-7-3-8-14(17(13)19)20-11-16(22)21-10-4-6-12-5-1-2-9-15(12)21/h1-3,5,7-9,20H,4,6,10-11H2. The number of amides is 1. The first kappa shape index (κ1) is 15.2. The van der Waals surface area contributed by atoms with Crippen molar-refractivity contribution in [2.45, 2.75) is 12.8 Å². The van der Waals surface area contributed by atoms with Gasteiger partial charge in [-0.1, -0.05) is 47.5 Å². The summed E-state index contributed by atoms with van der Waals surface area (Å²) < 4.78 is 0. The van der Waals surface area contributed by atoms with Crippen LogP contribution in [-0.2, 0) is 11.2 Å². The number of rotatable bonds is 3. The van der Waals surface area contributed by atoms with Crippen LogP contribution in [0.15, 0.2) is 42.5 Å². The second kappa shape index (κ2) is 6.59. The predicted molar refractivity (Wildman–Crippen MR) is 92.1 cm³/mol. The zero-order chi connectivity index (χ0) is 15.5. The molecular weight excluding hydrogens is 319 g/mol. The third-order valence-corrected chi connectivity index (χ3v) is 4.61. The molecule has 3 nitrogen and oxygen atoms in total. The third-order valence-electron chi connectivity index (χ3n) is 3.79. The van der Waals surface area contributed by atoms with E-state index in [-0.39, 0.29) is 12.5 Å². The van der Waals surface area contributed by atoms with Gasteiger partial charge in [-0.15, -0.1) is 0 Å². The second-order valence-corrected chi connectivity index (χ2v) is 6.02. The van der Waals surface area contributed by atoms with Crippen molar-refractivity contribution in [1.82, 2.24) is 0 Å². The minimum absolute atomic E-state index is 0.0307. The van der Waals surface area contributed by atoms with Crippen molar-refractivity contribution in [2.75, 3.05) is 23.3 Å². The van der Waals surface area contributed by atoms with Crippen LogP contribution in [-0.4, -0.2) is 19.0 Å². The largest absolute Gasteiger partial charge is 0.375 e. The van der Waals surface area contributed by atoms with Gasteiger partial charge in [0.25, 0.3) is 0 Å². The van der Waals surface area contributed by atoms with E-state index in [1.54, 1.807) is 12.1 Å². The first-order chi connectivity index (χ1) is 10.7. The molecule has 0 aromatic heterocycles. The number of nitrogens with one attached hydrogen (secondary N) is 1. The molecule has 114 valence electrons. The first-order valence-electron chi connectivity index (χ1n) is 7.23. The molecule has 1 heterocycles. The van der Waals surface area contributed by atoms with Crippen LogP contribution >= 0.6 is 23.2 Å². The lowest BCUT2D eigenvalue weighted by Gasteiger charge is -2.29. The molecule has 1 amide bonds. The number of hydrogen-bond donors (Lipinski definition) is 1. The summed E-state index contributed by atoms with van der Waals surface area (Å²) in [6.07, 6.45) is 2.01. The van der Waals surface area contributed by atoms with Crippen LogP contribution < -0.4 is 10.2 Å². The minimum Gasteiger partial charge on any atom is -0.375 e. The summed E-state index contributed by atoms with van der Waals surface area (Å²) in [6, 6.07) is 13.4. The van der Waals surface area contributed by atoms with Crippen LogP contribution in [0.25, 0.3) is 0 Å². The van der Waals surface area contributed by atoms with Gasteiger partial charge in [-0.3, -0.25) is 4.79 Å². The van der Waals surface area contributed by atoms with E-state index >= 15 is 0 Å². The van der Waals surface area contributed by atoms with Crippen molar-refractivity contribution < 1.29 is 4.79 Å². The molecule has 3 rings (SSSR count). The summed E-state index contributed by atoms with van der Waals surface area (Å²) in [5.41, 5.74) is 2.91. The predicted octanol–water partition coefficient (Wildman–Crippen LogP) is 4.38. The summed E-state index contributed by atoms with van der Waals surface area (Å²) in [6.45, 7) is 0.940. The highest BCUT2D eigenvalue weighted by Gasteiger charge is 2.21. The van der Waals surface area contributed by atoms with Crippen LogP contribution in [0.5, 0.6) is 0 Å². The monoisotopic (exact) mass is 334 g/mol. The van der Waals surface area contributed by atoms with E-state index in [2.05, 4.69) is 11.4 Å². The van der Waals surface area contributed by atoms with Gasteiger partial charge in [-0.05, 0) is 36.6 Å². The lowest BCUT2D eigenvalue weighted by Crippen LogP contribution is -2.39. The van der Waals surface area contributed by atoms with Crippen molar-refractivity contribution in [3.63, 3.8) is 0 Å². The molecule has 1 aliphatic heterocycles. The van der Waals surface area contributed by atoms with Gasteiger partial charge in [0.1, 0.15) is 0 Å². The topological polar surface area (TPSA) is 32.3 Å². The molecule has 0 saturated carbocycles. The van der Waals surface area contributed by atoms with Crippen LogP contribution in [0.3, 0.4) is 0 Å². The van der Waals surface area contributed by atoms with Gasteiger partial charge in [0.2, 0.25) is 5.91 Å². The van der Waals surface area contributed by atoms with E-state index in [1.807, 2.05) is 29.2 Å². The summed E-state index contributed by atoms with van der Waals surface area (Å²) >= 11 is 12.1. The number of fused-ring (bicyclic) bond motifs is 1. The average Bonchev–Trinajstić information content (AvgIpc) is 2.55. The van der Waals surface area contributed by atoms with Crippen molar-refractivity contribution in [2.24, 2.45) is 0 Å². The second-order valence-electron chi connectivity index (χ2n) is 5.23. The molecule has 1 N–H and O–H groups in total. The number of benzene rings is 2. The molecule has 2 aromatic carbocycles. The van der Waals surface area contributed by atoms with Crippen LogP contribution in [0.2, 0.25) is 10.0 Å². The van der Waals surface area contributed by atoms with Gasteiger partial charge in [0.05, 0.1) is 22.3 Å². The number of hydrogen-bond acceptors (Lipinski definition) is 2. The Morgan fingerprint density at radius 3 is 2.82 bits per heavy atom. The maximum Gasteiger partial charge on any atom is 0.246 e. The Morgan fingerprint density at radius 2 is 1.95 bits per heavy atom. The summed E-state index contributed by atoms with van der Waals surface area (Å²) in [4.78, 5) is 14.4. The molecule has 0 radical (unpaired) electrons. The van der Waals surface area contributed by atoms with Gasteiger partial charge in [0, 0.05) is 12.2 Å². The van der Waals surface area contributed by atoms with Gasteiger partial charge in [-0.25, -0.2) is 0 Å². The van der Waals surface area contributed by atoms with Crippen LogP contribution in [0.1, 0.15) is 12.0 Å². The molecule has 1 aliphatic rings. The molecular formula is C17H16Cl2N2O. The molecule has 0 saturated heterocycles. The number of nitrogens with zero attached hydrogens (tertiary/aromatic N) is 1. The maximum atomic E-state index is 12.5. The van der Waals surface area contributed by atoms with Gasteiger partial charge in [0.15, 0.2) is 0 Å². The van der Waals surface area contributed by atoms with E-state index in [9.17, 15) is 4.79 Å². The summed E-state index contributed by atoms with van der Waals surface area (Å²) in [5.74, 6) is 0.0307. The zero-order valence-electron chi connectivity index (χ0n) is 12.0. The number of anilines is 2. The number of halogens is 2. The normalized spacial score (nSPS) is 13.6. The van der Waals surface area contributed by atoms with Crippen LogP contribution in [0.4, 0.5) is 11.4 Å². The molecule has 22 heavy (non-hydrogen) atoms. The van der Waals surface area contributed by atoms with E-state index in [1.165, 1.54) is 5.56 Å². The molecule has 0 atom stereocenters. The Morgan fingerprint density at radius 1 is 1.14 bits per heavy atom. The molecule has 0 bridgehead atoms. The van der Waals surface area contributed by atoms with Crippen molar-refractivity contribution in [3.05, 3.63) is 58.1 Å². The number of carbonyl (C=O) groups is 1. The van der Waals surface area contributed by atoms with E-state index in [0.717, 1.165) is 25.1 Å². The fourth-order valence-electron chi connectivity index (χ4n) is 2.70. The Labute approximate surface area is 139 Å². The van der Waals surface area contributed by atoms with Gasteiger partial charge >= 0.3 is 0 Å². The lowest BCUT2D eigenvalue weighted by atomic mass is 10.0. The first-order valence-corrected chi connectivity index (χ1v) is 7.98. The highest BCUT2D eigenvalue weighted by atomic mass is 35.5. The Balaban J connectivity index is 1.72. The number of aryl methyl sites for hydroxylation is 1. The quantitative estimate of drug-likeness (QED) is 0.902. The van der Waals surface area contributed by atoms with E-state index < -0.39 is 0 Å². The van der Waals surface area contributed by atoms with Gasteiger partial charge < -0.3 is 10.2 Å². The van der Waals surface area contributed by atoms with Crippen molar-refractivity contribution >= 4 is 40.5 Å². The Kier molecular flexibility index (Phi) is 4.55. The molecule has 0 spiro atoms. The smallest absolute Gasteiger partial charge is 0.246 e. The Bertz CT molecular complexity index is 703. The van der Waals surface area contributed by atoms with Gasteiger partial charge in [-0.2, -0.15) is 0 Å².